The van der Waals surface area contributed by atoms with E-state index in [2.05, 4.69) is 22.0 Å². The minimum absolute atomic E-state index is 0.0790. The fraction of sp³-hybridized carbons (Fsp3) is 0.333. The molecular formula is C21H23N5O2. The second-order valence-electron chi connectivity index (χ2n) is 6.82. The first-order valence-electron chi connectivity index (χ1n) is 9.63. The fourth-order valence-electron chi connectivity index (χ4n) is 3.32. The van der Waals surface area contributed by atoms with E-state index in [0.29, 0.717) is 37.8 Å². The van der Waals surface area contributed by atoms with Crippen molar-refractivity contribution >= 4 is 11.9 Å². The van der Waals surface area contributed by atoms with Crippen LogP contribution in [0, 0.1) is 0 Å². The molecule has 3 heterocycles. The number of piperazine rings is 1. The second kappa shape index (κ2) is 8.21. The molecule has 1 saturated heterocycles. The van der Waals surface area contributed by atoms with Crippen LogP contribution in [0.3, 0.4) is 0 Å². The minimum atomic E-state index is -0.0790. The molecule has 0 atom stereocenters. The number of rotatable bonds is 5. The number of hydrogen-bond donors (Lipinski definition) is 0. The lowest BCUT2D eigenvalue weighted by Crippen LogP contribution is -2.49. The molecule has 28 heavy (non-hydrogen) atoms. The van der Waals surface area contributed by atoms with Gasteiger partial charge in [-0.2, -0.15) is 0 Å². The van der Waals surface area contributed by atoms with E-state index in [9.17, 15) is 4.79 Å². The quantitative estimate of drug-likeness (QED) is 0.680. The molecule has 0 bridgehead atoms. The molecule has 7 heteroatoms. The highest BCUT2D eigenvalue weighted by Crippen LogP contribution is 2.20. The molecule has 4 rings (SSSR count). The van der Waals surface area contributed by atoms with Crippen LogP contribution in [-0.4, -0.2) is 52.1 Å². The van der Waals surface area contributed by atoms with Gasteiger partial charge in [0.25, 0.3) is 5.91 Å². The van der Waals surface area contributed by atoms with E-state index < -0.39 is 0 Å². The number of amides is 1. The van der Waals surface area contributed by atoms with E-state index in [1.807, 2.05) is 41.3 Å². The highest BCUT2D eigenvalue weighted by molar-refractivity contribution is 5.92. The molecule has 1 aliphatic rings. The highest BCUT2D eigenvalue weighted by atomic mass is 16.5. The molecule has 3 aromatic rings. The second-order valence-corrected chi connectivity index (χ2v) is 6.82. The van der Waals surface area contributed by atoms with Gasteiger partial charge in [-0.15, -0.1) is 0 Å². The van der Waals surface area contributed by atoms with Crippen LogP contribution < -0.4 is 4.90 Å². The highest BCUT2D eigenvalue weighted by Gasteiger charge is 2.25. The topological polar surface area (TPSA) is 75.4 Å². The van der Waals surface area contributed by atoms with Gasteiger partial charge in [0.15, 0.2) is 5.69 Å². The number of carbonyl (C=O) groups is 1. The summed E-state index contributed by atoms with van der Waals surface area (Å²) in [6.45, 7) is 4.65. The van der Waals surface area contributed by atoms with Crippen LogP contribution in [0.2, 0.25) is 0 Å². The third-order valence-electron chi connectivity index (χ3n) is 4.84. The van der Waals surface area contributed by atoms with Gasteiger partial charge < -0.3 is 14.3 Å². The van der Waals surface area contributed by atoms with Crippen molar-refractivity contribution in [3.63, 3.8) is 0 Å². The Kier molecular flexibility index (Phi) is 5.32. The number of carbonyl (C=O) groups excluding carboxylic acids is 1. The number of aromatic nitrogens is 3. The monoisotopic (exact) mass is 377 g/mol. The lowest BCUT2D eigenvalue weighted by atomic mass is 10.1. The summed E-state index contributed by atoms with van der Waals surface area (Å²) < 4.78 is 5.23. The summed E-state index contributed by atoms with van der Waals surface area (Å²) in [4.78, 5) is 25.7. The molecule has 1 amide bonds. The lowest BCUT2D eigenvalue weighted by molar-refractivity contribution is 0.0735. The maximum atomic E-state index is 12.7. The van der Waals surface area contributed by atoms with Crippen LogP contribution in [0.25, 0.3) is 11.3 Å². The normalized spacial score (nSPS) is 14.3. The SMILES string of the molecule is CCCc1cc(C(=O)N2CCN(c3nccc(-c4ccccc4)n3)CC2)no1. The molecule has 144 valence electrons. The van der Waals surface area contributed by atoms with Crippen LogP contribution in [0.1, 0.15) is 29.6 Å². The first-order chi connectivity index (χ1) is 13.7. The smallest absolute Gasteiger partial charge is 0.276 e. The molecule has 0 radical (unpaired) electrons. The van der Waals surface area contributed by atoms with Gasteiger partial charge in [-0.25, -0.2) is 9.97 Å². The van der Waals surface area contributed by atoms with Gasteiger partial charge in [0.05, 0.1) is 5.69 Å². The molecule has 0 spiro atoms. The summed E-state index contributed by atoms with van der Waals surface area (Å²) in [5, 5.41) is 3.93. The Balaban J connectivity index is 1.41. The zero-order valence-corrected chi connectivity index (χ0v) is 15.9. The van der Waals surface area contributed by atoms with Crippen molar-refractivity contribution < 1.29 is 9.32 Å². The lowest BCUT2D eigenvalue weighted by Gasteiger charge is -2.34. The molecule has 7 nitrogen and oxygen atoms in total. The Hall–Kier alpha value is -3.22. The van der Waals surface area contributed by atoms with Gasteiger partial charge in [-0.3, -0.25) is 4.79 Å². The van der Waals surface area contributed by atoms with Gasteiger partial charge >= 0.3 is 0 Å². The van der Waals surface area contributed by atoms with Crippen molar-refractivity contribution in [2.24, 2.45) is 0 Å². The number of hydrogen-bond acceptors (Lipinski definition) is 6. The van der Waals surface area contributed by atoms with Crippen LogP contribution >= 0.6 is 0 Å². The zero-order chi connectivity index (χ0) is 19.3. The standard InChI is InChI=1S/C21H23N5O2/c1-2-6-17-15-19(24-28-17)20(27)25-11-13-26(14-12-25)21-22-10-9-18(23-21)16-7-4-3-5-8-16/h3-5,7-10,15H,2,6,11-14H2,1H3. The summed E-state index contributed by atoms with van der Waals surface area (Å²) >= 11 is 0. The Bertz CT molecular complexity index is 933. The maximum Gasteiger partial charge on any atom is 0.276 e. The minimum Gasteiger partial charge on any atom is -0.361 e. The predicted octanol–water partition coefficient (Wildman–Crippen LogP) is 3.05. The molecule has 1 fully saturated rings. The Morgan fingerprint density at radius 3 is 2.64 bits per heavy atom. The van der Waals surface area contributed by atoms with E-state index >= 15 is 0 Å². The third kappa shape index (κ3) is 3.88. The molecule has 2 aromatic heterocycles. The predicted molar refractivity (Wildman–Crippen MR) is 106 cm³/mol. The summed E-state index contributed by atoms with van der Waals surface area (Å²) in [7, 11) is 0. The van der Waals surface area contributed by atoms with Crippen molar-refractivity contribution in [2.75, 3.05) is 31.1 Å². The molecule has 1 aromatic carbocycles. The van der Waals surface area contributed by atoms with Crippen molar-refractivity contribution in [3.8, 4) is 11.3 Å². The first kappa shape index (κ1) is 18.2. The number of benzene rings is 1. The average Bonchev–Trinajstić information content (AvgIpc) is 3.23. The largest absolute Gasteiger partial charge is 0.361 e. The van der Waals surface area contributed by atoms with Gasteiger partial charge in [-0.1, -0.05) is 42.4 Å². The number of anilines is 1. The van der Waals surface area contributed by atoms with Gasteiger partial charge in [0.1, 0.15) is 5.76 Å². The van der Waals surface area contributed by atoms with Crippen molar-refractivity contribution in [2.45, 2.75) is 19.8 Å². The van der Waals surface area contributed by atoms with E-state index in [4.69, 9.17) is 9.51 Å². The average molecular weight is 377 g/mol. The number of nitrogens with zero attached hydrogens (tertiary/aromatic N) is 5. The Labute approximate surface area is 164 Å². The first-order valence-corrected chi connectivity index (χ1v) is 9.63. The van der Waals surface area contributed by atoms with Crippen LogP contribution in [0.15, 0.2) is 53.2 Å². The summed E-state index contributed by atoms with van der Waals surface area (Å²) in [6, 6.07) is 13.7. The molecule has 0 unspecified atom stereocenters. The Morgan fingerprint density at radius 1 is 1.11 bits per heavy atom. The zero-order valence-electron chi connectivity index (χ0n) is 15.9. The van der Waals surface area contributed by atoms with Gasteiger partial charge in [0.2, 0.25) is 5.95 Å². The van der Waals surface area contributed by atoms with E-state index in [-0.39, 0.29) is 5.91 Å². The summed E-state index contributed by atoms with van der Waals surface area (Å²) in [6.07, 6.45) is 3.54. The van der Waals surface area contributed by atoms with E-state index in [1.54, 1.807) is 12.3 Å². The molecule has 0 saturated carbocycles. The Morgan fingerprint density at radius 2 is 1.89 bits per heavy atom. The van der Waals surface area contributed by atoms with E-state index in [0.717, 1.165) is 29.9 Å². The fourth-order valence-corrected chi connectivity index (χ4v) is 3.32. The van der Waals surface area contributed by atoms with Crippen molar-refractivity contribution in [1.29, 1.82) is 0 Å². The van der Waals surface area contributed by atoms with Crippen LogP contribution in [-0.2, 0) is 6.42 Å². The molecule has 0 N–H and O–H groups in total. The van der Waals surface area contributed by atoms with E-state index in [1.165, 1.54) is 0 Å². The summed E-state index contributed by atoms with van der Waals surface area (Å²) in [5.41, 5.74) is 2.35. The summed E-state index contributed by atoms with van der Waals surface area (Å²) in [5.74, 6) is 1.38. The van der Waals surface area contributed by atoms with Crippen molar-refractivity contribution in [1.82, 2.24) is 20.0 Å². The van der Waals surface area contributed by atoms with Gasteiger partial charge in [0, 0.05) is 50.4 Å². The molecule has 1 aliphatic heterocycles. The van der Waals surface area contributed by atoms with Crippen molar-refractivity contribution in [3.05, 3.63) is 60.1 Å². The number of aryl methyl sites for hydroxylation is 1. The van der Waals surface area contributed by atoms with Gasteiger partial charge in [-0.05, 0) is 12.5 Å². The van der Waals surface area contributed by atoms with Crippen LogP contribution in [0.5, 0.6) is 0 Å². The third-order valence-corrected chi connectivity index (χ3v) is 4.84. The molecule has 0 aliphatic carbocycles. The maximum absolute atomic E-state index is 12.7. The van der Waals surface area contributed by atoms with Crippen LogP contribution in [0.4, 0.5) is 5.95 Å². The molecular weight excluding hydrogens is 354 g/mol.